The molecule has 0 aliphatic rings. The molecule has 0 bridgehead atoms. The molecule has 0 atom stereocenters. The fraction of sp³-hybridized carbons (Fsp3) is 0.500. The molecule has 4 N–H and O–H groups in total. The van der Waals surface area contributed by atoms with Crippen molar-refractivity contribution in [3.8, 4) is 0 Å². The second kappa shape index (κ2) is 5.68. The summed E-state index contributed by atoms with van der Waals surface area (Å²) in [5, 5.41) is 14.2. The largest absolute Gasteiger partial charge is 0.379 e. The number of benzene rings is 1. The van der Waals surface area contributed by atoms with Gasteiger partial charge in [-0.1, -0.05) is 26.8 Å². The number of rotatable bonds is 6. The number of nitro benzene ring substituents is 1. The molecule has 6 heteroatoms. The third-order valence-corrected chi connectivity index (χ3v) is 3.09. The minimum atomic E-state index is -0.434. The Balaban J connectivity index is 2.99. The summed E-state index contributed by atoms with van der Waals surface area (Å²) in [5.74, 6) is 5.28. The van der Waals surface area contributed by atoms with Gasteiger partial charge in [0, 0.05) is 6.54 Å². The van der Waals surface area contributed by atoms with Crippen LogP contribution in [0.1, 0.15) is 27.2 Å². The van der Waals surface area contributed by atoms with E-state index in [-0.39, 0.29) is 11.1 Å². The zero-order valence-electron chi connectivity index (χ0n) is 11.0. The smallest absolute Gasteiger partial charge is 0.316 e. The van der Waals surface area contributed by atoms with Crippen molar-refractivity contribution in [3.05, 3.63) is 28.3 Å². The van der Waals surface area contributed by atoms with Crippen LogP contribution in [0.5, 0.6) is 0 Å². The molecule has 6 nitrogen and oxygen atoms in total. The van der Waals surface area contributed by atoms with Gasteiger partial charge in [0.05, 0.1) is 4.92 Å². The number of hydrogen-bond acceptors (Lipinski definition) is 5. The summed E-state index contributed by atoms with van der Waals surface area (Å²) in [6.07, 6.45) is 0.989. The summed E-state index contributed by atoms with van der Waals surface area (Å²) in [6.45, 7) is 6.97. The maximum atomic E-state index is 11.1. The third kappa shape index (κ3) is 3.33. The van der Waals surface area contributed by atoms with E-state index in [9.17, 15) is 10.1 Å². The Morgan fingerprint density at radius 3 is 2.50 bits per heavy atom. The van der Waals surface area contributed by atoms with Crippen LogP contribution < -0.4 is 16.6 Å². The second-order valence-electron chi connectivity index (χ2n) is 4.97. The Morgan fingerprint density at radius 1 is 1.39 bits per heavy atom. The van der Waals surface area contributed by atoms with Crippen LogP contribution >= 0.6 is 0 Å². The fourth-order valence-electron chi connectivity index (χ4n) is 1.46. The van der Waals surface area contributed by atoms with Gasteiger partial charge in [-0.3, -0.25) is 16.0 Å². The molecule has 1 aromatic carbocycles. The molecule has 0 fully saturated rings. The van der Waals surface area contributed by atoms with Gasteiger partial charge >= 0.3 is 5.69 Å². The van der Waals surface area contributed by atoms with E-state index >= 15 is 0 Å². The van der Waals surface area contributed by atoms with Gasteiger partial charge in [0.2, 0.25) is 0 Å². The van der Waals surface area contributed by atoms with Crippen molar-refractivity contribution < 1.29 is 4.92 Å². The summed E-state index contributed by atoms with van der Waals surface area (Å²) < 4.78 is 0. The monoisotopic (exact) mass is 252 g/mol. The number of nitrogens with zero attached hydrogens (tertiary/aromatic N) is 1. The molecule has 0 radical (unpaired) electrons. The maximum absolute atomic E-state index is 11.1. The number of nitro groups is 1. The predicted octanol–water partition coefficient (Wildman–Crippen LogP) is 2.73. The molecule has 0 aromatic heterocycles. The van der Waals surface area contributed by atoms with Gasteiger partial charge in [0.25, 0.3) is 0 Å². The Kier molecular flexibility index (Phi) is 4.49. The lowest BCUT2D eigenvalue weighted by Gasteiger charge is -2.23. The molecule has 0 saturated carbocycles. The minimum absolute atomic E-state index is 0.0214. The van der Waals surface area contributed by atoms with Crippen LogP contribution in [-0.2, 0) is 0 Å². The number of nitrogens with two attached hydrogens (primary N) is 1. The summed E-state index contributed by atoms with van der Waals surface area (Å²) in [4.78, 5) is 10.6. The van der Waals surface area contributed by atoms with Gasteiger partial charge in [-0.25, -0.2) is 0 Å². The van der Waals surface area contributed by atoms with Gasteiger partial charge in [-0.15, -0.1) is 0 Å². The normalized spacial score (nSPS) is 11.1. The Bertz CT molecular complexity index is 432. The van der Waals surface area contributed by atoms with Gasteiger partial charge in [-0.05, 0) is 24.0 Å². The van der Waals surface area contributed by atoms with Gasteiger partial charge in [0.1, 0.15) is 11.4 Å². The van der Waals surface area contributed by atoms with Gasteiger partial charge in [-0.2, -0.15) is 0 Å². The molecule has 0 spiro atoms. The first kappa shape index (κ1) is 14.2. The summed E-state index contributed by atoms with van der Waals surface area (Å²) in [7, 11) is 0. The lowest BCUT2D eigenvalue weighted by atomic mass is 9.90. The molecule has 0 unspecified atom stereocenters. The average molecular weight is 252 g/mol. The Hall–Kier alpha value is -1.82. The Labute approximate surface area is 107 Å². The lowest BCUT2D eigenvalue weighted by molar-refractivity contribution is -0.383. The number of anilines is 2. The van der Waals surface area contributed by atoms with Crippen molar-refractivity contribution in [1.82, 2.24) is 0 Å². The van der Waals surface area contributed by atoms with Crippen LogP contribution in [0, 0.1) is 15.5 Å². The van der Waals surface area contributed by atoms with E-state index in [1.807, 2.05) is 0 Å². The molecule has 100 valence electrons. The molecular weight excluding hydrogens is 232 g/mol. The highest BCUT2D eigenvalue weighted by molar-refractivity contribution is 5.75. The Morgan fingerprint density at radius 2 is 2.00 bits per heavy atom. The van der Waals surface area contributed by atoms with Crippen molar-refractivity contribution in [3.63, 3.8) is 0 Å². The maximum Gasteiger partial charge on any atom is 0.316 e. The van der Waals surface area contributed by atoms with Gasteiger partial charge in [0.15, 0.2) is 0 Å². The van der Waals surface area contributed by atoms with Crippen molar-refractivity contribution in [2.24, 2.45) is 11.3 Å². The number of hydrazine groups is 1. The standard InChI is InChI=1S/C12H20N4O2/c1-4-12(2,3)8-14-9-6-5-7-10(15-13)11(9)16(17)18/h5-7,14-15H,4,8,13H2,1-3H3. The molecule has 1 rings (SSSR count). The SMILES string of the molecule is CCC(C)(C)CNc1cccc(NN)c1[N+](=O)[O-]. The third-order valence-electron chi connectivity index (χ3n) is 3.09. The van der Waals surface area contributed by atoms with Crippen molar-refractivity contribution >= 4 is 17.1 Å². The summed E-state index contributed by atoms with van der Waals surface area (Å²) in [5.41, 5.74) is 3.20. The molecule has 0 aliphatic heterocycles. The fourth-order valence-corrected chi connectivity index (χ4v) is 1.46. The van der Waals surface area contributed by atoms with Crippen molar-refractivity contribution in [2.45, 2.75) is 27.2 Å². The van der Waals surface area contributed by atoms with E-state index in [1.54, 1.807) is 18.2 Å². The number of nitrogen functional groups attached to an aromatic ring is 1. The quantitative estimate of drug-likeness (QED) is 0.411. The van der Waals surface area contributed by atoms with E-state index in [2.05, 4.69) is 31.5 Å². The molecule has 1 aromatic rings. The predicted molar refractivity (Wildman–Crippen MR) is 73.5 cm³/mol. The minimum Gasteiger partial charge on any atom is -0.379 e. The topological polar surface area (TPSA) is 93.2 Å². The van der Waals surface area contributed by atoms with Crippen LogP contribution in [0.15, 0.2) is 18.2 Å². The highest BCUT2D eigenvalue weighted by Gasteiger charge is 2.21. The van der Waals surface area contributed by atoms with Crippen molar-refractivity contribution in [2.75, 3.05) is 17.3 Å². The van der Waals surface area contributed by atoms with Crippen LogP contribution in [0.4, 0.5) is 17.1 Å². The lowest BCUT2D eigenvalue weighted by Crippen LogP contribution is -2.22. The molecule has 18 heavy (non-hydrogen) atoms. The number of hydrogen-bond donors (Lipinski definition) is 3. The van der Waals surface area contributed by atoms with E-state index in [4.69, 9.17) is 5.84 Å². The zero-order valence-corrected chi connectivity index (χ0v) is 11.0. The van der Waals surface area contributed by atoms with Crippen molar-refractivity contribution in [1.29, 1.82) is 0 Å². The first-order chi connectivity index (χ1) is 8.41. The molecule has 0 amide bonds. The first-order valence-electron chi connectivity index (χ1n) is 5.89. The van der Waals surface area contributed by atoms with E-state index in [0.29, 0.717) is 17.9 Å². The van der Waals surface area contributed by atoms with E-state index in [1.165, 1.54) is 0 Å². The number of para-hydroxylation sites is 1. The second-order valence-corrected chi connectivity index (χ2v) is 4.97. The first-order valence-corrected chi connectivity index (χ1v) is 5.89. The highest BCUT2D eigenvalue weighted by atomic mass is 16.6. The van der Waals surface area contributed by atoms with Crippen LogP contribution in [0.2, 0.25) is 0 Å². The highest BCUT2D eigenvalue weighted by Crippen LogP contribution is 2.33. The van der Waals surface area contributed by atoms with Crippen LogP contribution in [0.3, 0.4) is 0 Å². The van der Waals surface area contributed by atoms with Gasteiger partial charge < -0.3 is 10.7 Å². The van der Waals surface area contributed by atoms with E-state index in [0.717, 1.165) is 6.42 Å². The molecule has 0 heterocycles. The summed E-state index contributed by atoms with van der Waals surface area (Å²) in [6, 6.07) is 4.99. The summed E-state index contributed by atoms with van der Waals surface area (Å²) >= 11 is 0. The zero-order chi connectivity index (χ0) is 13.8. The van der Waals surface area contributed by atoms with Crippen LogP contribution in [-0.4, -0.2) is 11.5 Å². The van der Waals surface area contributed by atoms with E-state index < -0.39 is 4.92 Å². The molecular formula is C12H20N4O2. The number of nitrogens with one attached hydrogen (secondary N) is 2. The average Bonchev–Trinajstić information content (AvgIpc) is 2.35. The molecule has 0 aliphatic carbocycles. The van der Waals surface area contributed by atoms with Crippen LogP contribution in [0.25, 0.3) is 0 Å². The molecule has 0 saturated heterocycles.